The number of carbonyl (C=O) groups is 3. The number of carbonyl (C=O) groups excluding carboxylic acids is 3. The van der Waals surface area contributed by atoms with E-state index in [1.54, 1.807) is 16.7 Å². The molecule has 0 radical (unpaired) electrons. The SMILES string of the molecule is CCC(SC)C(=O)NCC1(C(N)=O)CN(C(=O)C2(C)CCCS2)C1. The van der Waals surface area contributed by atoms with Gasteiger partial charge in [0.05, 0.1) is 10.00 Å². The largest absolute Gasteiger partial charge is 0.369 e. The van der Waals surface area contributed by atoms with Crippen LogP contribution in [-0.2, 0) is 14.4 Å². The molecule has 0 bridgehead atoms. The predicted molar refractivity (Wildman–Crippen MR) is 98.9 cm³/mol. The van der Waals surface area contributed by atoms with E-state index in [0.717, 1.165) is 25.0 Å². The Kier molecular flexibility index (Phi) is 6.12. The van der Waals surface area contributed by atoms with Crippen LogP contribution in [0.5, 0.6) is 0 Å². The number of nitrogens with two attached hydrogens (primary N) is 1. The summed E-state index contributed by atoms with van der Waals surface area (Å²) >= 11 is 3.18. The number of hydrogen-bond donors (Lipinski definition) is 2. The molecule has 24 heavy (non-hydrogen) atoms. The molecule has 6 nitrogen and oxygen atoms in total. The van der Waals surface area contributed by atoms with Crippen molar-refractivity contribution in [3.05, 3.63) is 0 Å². The molecule has 0 aromatic rings. The van der Waals surface area contributed by atoms with Crippen molar-refractivity contribution in [1.29, 1.82) is 0 Å². The first-order chi connectivity index (χ1) is 11.3. The van der Waals surface area contributed by atoms with Crippen molar-refractivity contribution in [3.8, 4) is 0 Å². The van der Waals surface area contributed by atoms with E-state index < -0.39 is 11.3 Å². The zero-order valence-corrected chi connectivity index (χ0v) is 16.2. The van der Waals surface area contributed by atoms with Crippen LogP contribution in [-0.4, -0.2) is 64.3 Å². The fraction of sp³-hybridized carbons (Fsp3) is 0.812. The van der Waals surface area contributed by atoms with Gasteiger partial charge in [-0.2, -0.15) is 11.8 Å². The Balaban J connectivity index is 1.94. The molecule has 0 aromatic carbocycles. The molecule has 2 rings (SSSR count). The molecule has 0 spiro atoms. The number of nitrogens with one attached hydrogen (secondary N) is 1. The van der Waals surface area contributed by atoms with Gasteiger partial charge in [-0.3, -0.25) is 14.4 Å². The van der Waals surface area contributed by atoms with Crippen molar-refractivity contribution < 1.29 is 14.4 Å². The summed E-state index contributed by atoms with van der Waals surface area (Å²) in [4.78, 5) is 38.4. The van der Waals surface area contributed by atoms with E-state index in [-0.39, 0.29) is 28.4 Å². The van der Waals surface area contributed by atoms with Gasteiger partial charge in [-0.15, -0.1) is 11.8 Å². The second kappa shape index (κ2) is 7.56. The molecule has 0 aliphatic carbocycles. The highest BCUT2D eigenvalue weighted by Crippen LogP contribution is 2.42. The van der Waals surface area contributed by atoms with Crippen molar-refractivity contribution in [2.45, 2.75) is 43.1 Å². The van der Waals surface area contributed by atoms with E-state index in [0.29, 0.717) is 13.1 Å². The van der Waals surface area contributed by atoms with Gasteiger partial charge in [0.25, 0.3) is 0 Å². The summed E-state index contributed by atoms with van der Waals surface area (Å²) in [6.07, 6.45) is 4.54. The number of likely N-dealkylation sites (tertiary alicyclic amines) is 1. The fourth-order valence-corrected chi connectivity index (χ4v) is 5.21. The fourth-order valence-electron chi connectivity index (χ4n) is 3.29. The Hall–Kier alpha value is -0.890. The molecule has 2 heterocycles. The zero-order valence-electron chi connectivity index (χ0n) is 14.6. The molecule has 136 valence electrons. The average Bonchev–Trinajstić information content (AvgIpc) is 2.94. The van der Waals surface area contributed by atoms with Crippen LogP contribution in [0, 0.1) is 5.41 Å². The van der Waals surface area contributed by atoms with Gasteiger partial charge in [0, 0.05) is 19.6 Å². The maximum atomic E-state index is 12.7. The lowest BCUT2D eigenvalue weighted by molar-refractivity contribution is -0.153. The summed E-state index contributed by atoms with van der Waals surface area (Å²) in [5.74, 6) is 0.561. The standard InChI is InChI=1S/C16H27N3O3S2/c1-4-11(23-3)12(20)18-8-16(13(17)21)9-19(10-16)14(22)15(2)6-5-7-24-15/h11H,4-10H2,1-3H3,(H2,17,21)(H,18,20). The number of amides is 3. The van der Waals surface area contributed by atoms with E-state index in [4.69, 9.17) is 5.73 Å². The van der Waals surface area contributed by atoms with Crippen LogP contribution in [0.2, 0.25) is 0 Å². The van der Waals surface area contributed by atoms with Gasteiger partial charge in [-0.25, -0.2) is 0 Å². The summed E-state index contributed by atoms with van der Waals surface area (Å²) in [5.41, 5.74) is 4.74. The number of rotatable bonds is 7. The topological polar surface area (TPSA) is 92.5 Å². The molecule has 2 fully saturated rings. The van der Waals surface area contributed by atoms with E-state index >= 15 is 0 Å². The van der Waals surface area contributed by atoms with Crippen LogP contribution in [0.15, 0.2) is 0 Å². The molecular weight excluding hydrogens is 346 g/mol. The first-order valence-electron chi connectivity index (χ1n) is 8.32. The summed E-state index contributed by atoms with van der Waals surface area (Å²) in [5, 5.41) is 2.72. The van der Waals surface area contributed by atoms with Crippen LogP contribution < -0.4 is 11.1 Å². The molecule has 2 atom stereocenters. The van der Waals surface area contributed by atoms with Crippen LogP contribution in [0.1, 0.15) is 33.1 Å². The molecule has 2 aliphatic rings. The minimum Gasteiger partial charge on any atom is -0.369 e. The van der Waals surface area contributed by atoms with Crippen LogP contribution in [0.4, 0.5) is 0 Å². The second-order valence-corrected chi connectivity index (χ2v) is 9.48. The van der Waals surface area contributed by atoms with Crippen LogP contribution in [0.3, 0.4) is 0 Å². The van der Waals surface area contributed by atoms with E-state index in [1.165, 1.54) is 11.8 Å². The summed E-state index contributed by atoms with van der Waals surface area (Å²) in [7, 11) is 0. The highest BCUT2D eigenvalue weighted by atomic mass is 32.2. The molecule has 0 saturated carbocycles. The first-order valence-corrected chi connectivity index (χ1v) is 10.6. The highest BCUT2D eigenvalue weighted by molar-refractivity contribution is 8.01. The van der Waals surface area contributed by atoms with E-state index in [1.807, 2.05) is 20.1 Å². The second-order valence-electron chi connectivity index (χ2n) is 6.84. The van der Waals surface area contributed by atoms with Gasteiger partial charge in [0.15, 0.2) is 0 Å². The molecule has 2 unspecified atom stereocenters. The van der Waals surface area contributed by atoms with Gasteiger partial charge in [-0.05, 0) is 38.2 Å². The van der Waals surface area contributed by atoms with Gasteiger partial charge in [-0.1, -0.05) is 6.92 Å². The van der Waals surface area contributed by atoms with Crippen molar-refractivity contribution in [1.82, 2.24) is 10.2 Å². The average molecular weight is 374 g/mol. The molecule has 3 N–H and O–H groups in total. The lowest BCUT2D eigenvalue weighted by Crippen LogP contribution is -2.69. The van der Waals surface area contributed by atoms with Gasteiger partial charge in [0.2, 0.25) is 17.7 Å². The zero-order chi connectivity index (χ0) is 18.0. The molecule has 0 aromatic heterocycles. The maximum absolute atomic E-state index is 12.7. The quantitative estimate of drug-likeness (QED) is 0.690. The summed E-state index contributed by atoms with van der Waals surface area (Å²) < 4.78 is -0.376. The summed E-state index contributed by atoms with van der Waals surface area (Å²) in [6, 6.07) is 0. The smallest absolute Gasteiger partial charge is 0.238 e. The minimum atomic E-state index is -0.832. The highest BCUT2D eigenvalue weighted by Gasteiger charge is 2.53. The van der Waals surface area contributed by atoms with Crippen molar-refractivity contribution in [2.24, 2.45) is 11.1 Å². The van der Waals surface area contributed by atoms with Gasteiger partial charge in [0.1, 0.15) is 5.41 Å². The third-order valence-electron chi connectivity index (χ3n) is 5.02. The summed E-state index contributed by atoms with van der Waals surface area (Å²) in [6.45, 7) is 4.73. The van der Waals surface area contributed by atoms with Crippen LogP contribution in [0.25, 0.3) is 0 Å². The lowest BCUT2D eigenvalue weighted by atomic mass is 9.78. The Labute approximate surface area is 152 Å². The molecule has 2 aliphatic heterocycles. The Bertz CT molecular complexity index is 511. The number of nitrogens with zero attached hydrogens (tertiary/aromatic N) is 1. The van der Waals surface area contributed by atoms with Crippen molar-refractivity contribution >= 4 is 41.2 Å². The number of primary amides is 1. The maximum Gasteiger partial charge on any atom is 0.238 e. The van der Waals surface area contributed by atoms with Gasteiger partial charge >= 0.3 is 0 Å². The Morgan fingerprint density at radius 1 is 1.38 bits per heavy atom. The Morgan fingerprint density at radius 2 is 2.04 bits per heavy atom. The van der Waals surface area contributed by atoms with Gasteiger partial charge < -0.3 is 16.0 Å². The third-order valence-corrected chi connectivity index (χ3v) is 7.64. The van der Waals surface area contributed by atoms with Crippen molar-refractivity contribution in [3.63, 3.8) is 0 Å². The normalized spacial score (nSPS) is 26.5. The molecule has 3 amide bonds. The van der Waals surface area contributed by atoms with E-state index in [9.17, 15) is 14.4 Å². The first kappa shape index (κ1) is 19.4. The Morgan fingerprint density at radius 3 is 2.50 bits per heavy atom. The van der Waals surface area contributed by atoms with Crippen molar-refractivity contribution in [2.75, 3.05) is 31.6 Å². The van der Waals surface area contributed by atoms with Crippen LogP contribution >= 0.6 is 23.5 Å². The lowest BCUT2D eigenvalue weighted by Gasteiger charge is -2.50. The predicted octanol–water partition coefficient (Wildman–Crippen LogP) is 0.844. The molecule has 8 heteroatoms. The minimum absolute atomic E-state index is 0.0753. The molecular formula is C16H27N3O3S2. The number of thioether (sulfide) groups is 2. The number of hydrogen-bond acceptors (Lipinski definition) is 5. The molecule has 2 saturated heterocycles. The monoisotopic (exact) mass is 373 g/mol. The van der Waals surface area contributed by atoms with E-state index in [2.05, 4.69) is 5.32 Å². The third kappa shape index (κ3) is 3.69.